The second-order valence-electron chi connectivity index (χ2n) is 6.45. The normalized spacial score (nSPS) is 12.1. The minimum Gasteiger partial charge on any atom is -0.480 e. The van der Waals surface area contributed by atoms with Crippen molar-refractivity contribution in [3.05, 3.63) is 102 Å². The highest BCUT2D eigenvalue weighted by Crippen LogP contribution is 2.09. The van der Waals surface area contributed by atoms with E-state index >= 15 is 0 Å². The minimum atomic E-state index is -1.18. The van der Waals surface area contributed by atoms with Crippen LogP contribution in [0.25, 0.3) is 6.08 Å². The standard InChI is InChI=1S/C23H20N2O5/c26-21(17-10-5-2-6-11-17)24-19(15-18-12-7-13-30-18)22(27)25-20(23(28)29)14-16-8-3-1-4-9-16/h1-13,15,20H,14H2,(H,24,26)(H,25,27)(H,28,29)/b19-15+/t20-/m1/s1. The Kier molecular flexibility index (Phi) is 6.78. The van der Waals surface area contributed by atoms with Crippen molar-refractivity contribution >= 4 is 23.9 Å². The molecule has 0 aliphatic rings. The van der Waals surface area contributed by atoms with Crippen LogP contribution < -0.4 is 10.6 Å². The van der Waals surface area contributed by atoms with Crippen molar-refractivity contribution in [2.45, 2.75) is 12.5 Å². The number of hydrogen-bond donors (Lipinski definition) is 3. The van der Waals surface area contributed by atoms with E-state index in [0.29, 0.717) is 11.3 Å². The van der Waals surface area contributed by atoms with Gasteiger partial charge in [0, 0.05) is 18.1 Å². The van der Waals surface area contributed by atoms with Crippen molar-refractivity contribution in [1.29, 1.82) is 0 Å². The van der Waals surface area contributed by atoms with Gasteiger partial charge in [-0.2, -0.15) is 0 Å². The molecule has 0 fully saturated rings. The first-order valence-corrected chi connectivity index (χ1v) is 9.22. The third kappa shape index (κ3) is 5.68. The van der Waals surface area contributed by atoms with Crippen molar-refractivity contribution in [3.63, 3.8) is 0 Å². The largest absolute Gasteiger partial charge is 0.480 e. The van der Waals surface area contributed by atoms with Crippen LogP contribution in [-0.4, -0.2) is 28.9 Å². The van der Waals surface area contributed by atoms with Gasteiger partial charge in [0.05, 0.1) is 6.26 Å². The lowest BCUT2D eigenvalue weighted by atomic mass is 10.1. The number of furan rings is 1. The van der Waals surface area contributed by atoms with Gasteiger partial charge in [0.2, 0.25) is 0 Å². The maximum atomic E-state index is 12.8. The SMILES string of the molecule is O=C(N[C@H](Cc1ccccc1)C(=O)O)/C(=C\c1ccco1)NC(=O)c1ccccc1. The van der Waals surface area contributed by atoms with E-state index in [0.717, 1.165) is 5.56 Å². The van der Waals surface area contributed by atoms with Crippen LogP contribution in [0, 0.1) is 0 Å². The van der Waals surface area contributed by atoms with Crippen LogP contribution in [0.3, 0.4) is 0 Å². The highest BCUT2D eigenvalue weighted by Gasteiger charge is 2.23. The lowest BCUT2D eigenvalue weighted by Gasteiger charge is -2.16. The first kappa shape index (κ1) is 20.6. The number of carboxylic acids is 1. The van der Waals surface area contributed by atoms with Crippen molar-refractivity contribution in [2.24, 2.45) is 0 Å². The van der Waals surface area contributed by atoms with E-state index < -0.39 is 23.8 Å². The summed E-state index contributed by atoms with van der Waals surface area (Å²) < 4.78 is 5.23. The number of hydrogen-bond acceptors (Lipinski definition) is 4. The van der Waals surface area contributed by atoms with Crippen LogP contribution in [0.4, 0.5) is 0 Å². The zero-order valence-electron chi connectivity index (χ0n) is 15.9. The minimum absolute atomic E-state index is 0.0998. The van der Waals surface area contributed by atoms with Gasteiger partial charge in [-0.1, -0.05) is 48.5 Å². The number of carbonyl (C=O) groups excluding carboxylic acids is 2. The van der Waals surface area contributed by atoms with Gasteiger partial charge < -0.3 is 20.2 Å². The Morgan fingerprint density at radius 2 is 1.60 bits per heavy atom. The predicted molar refractivity (Wildman–Crippen MR) is 110 cm³/mol. The second-order valence-corrected chi connectivity index (χ2v) is 6.45. The summed E-state index contributed by atoms with van der Waals surface area (Å²) in [7, 11) is 0. The maximum absolute atomic E-state index is 12.8. The van der Waals surface area contributed by atoms with Crippen molar-refractivity contribution in [2.75, 3.05) is 0 Å². The molecule has 3 N–H and O–H groups in total. The summed E-state index contributed by atoms with van der Waals surface area (Å²) in [5, 5.41) is 14.5. The highest BCUT2D eigenvalue weighted by molar-refractivity contribution is 6.05. The molecule has 0 aliphatic heterocycles. The average Bonchev–Trinajstić information content (AvgIpc) is 3.27. The van der Waals surface area contributed by atoms with Gasteiger partial charge in [-0.3, -0.25) is 9.59 Å². The maximum Gasteiger partial charge on any atom is 0.326 e. The van der Waals surface area contributed by atoms with Crippen LogP contribution in [0.15, 0.2) is 89.2 Å². The van der Waals surface area contributed by atoms with E-state index in [2.05, 4.69) is 10.6 Å². The van der Waals surface area contributed by atoms with Crippen molar-refractivity contribution in [3.8, 4) is 0 Å². The Morgan fingerprint density at radius 1 is 0.933 bits per heavy atom. The first-order chi connectivity index (χ1) is 14.5. The summed E-state index contributed by atoms with van der Waals surface area (Å²) in [6, 6.07) is 19.4. The van der Waals surface area contributed by atoms with Crippen LogP contribution in [0.2, 0.25) is 0 Å². The monoisotopic (exact) mass is 404 g/mol. The number of amides is 2. The third-order valence-electron chi connectivity index (χ3n) is 4.24. The summed E-state index contributed by atoms with van der Waals surface area (Å²) in [6.45, 7) is 0. The van der Waals surface area contributed by atoms with Gasteiger partial charge in [0.1, 0.15) is 17.5 Å². The Morgan fingerprint density at radius 3 is 2.20 bits per heavy atom. The fourth-order valence-corrected chi connectivity index (χ4v) is 2.74. The Hall–Kier alpha value is -4.13. The van der Waals surface area contributed by atoms with E-state index in [-0.39, 0.29) is 12.1 Å². The molecular weight excluding hydrogens is 384 g/mol. The summed E-state index contributed by atoms with van der Waals surface area (Å²) in [5.41, 5.74) is 0.989. The molecule has 0 spiro atoms. The quantitative estimate of drug-likeness (QED) is 0.500. The van der Waals surface area contributed by atoms with Crippen molar-refractivity contribution < 1.29 is 23.9 Å². The lowest BCUT2D eigenvalue weighted by Crippen LogP contribution is -2.45. The number of benzene rings is 2. The van der Waals surface area contributed by atoms with Gasteiger partial charge >= 0.3 is 5.97 Å². The molecule has 1 heterocycles. The second kappa shape index (κ2) is 9.88. The molecule has 7 heteroatoms. The molecule has 0 saturated heterocycles. The molecule has 2 amide bonds. The molecule has 7 nitrogen and oxygen atoms in total. The van der Waals surface area contributed by atoms with E-state index in [1.54, 1.807) is 66.7 Å². The zero-order valence-corrected chi connectivity index (χ0v) is 15.9. The molecule has 152 valence electrons. The fourth-order valence-electron chi connectivity index (χ4n) is 2.74. The fraction of sp³-hybridized carbons (Fsp3) is 0.0870. The molecule has 30 heavy (non-hydrogen) atoms. The molecule has 0 bridgehead atoms. The van der Waals surface area contributed by atoms with Crippen LogP contribution in [-0.2, 0) is 16.0 Å². The van der Waals surface area contributed by atoms with Gasteiger partial charge in [-0.15, -0.1) is 0 Å². The van der Waals surface area contributed by atoms with Crippen LogP contribution in [0.1, 0.15) is 21.7 Å². The summed E-state index contributed by atoms with van der Waals surface area (Å²) in [5.74, 6) is -2.08. The molecule has 0 saturated carbocycles. The van der Waals surface area contributed by atoms with E-state index in [1.165, 1.54) is 12.3 Å². The smallest absolute Gasteiger partial charge is 0.326 e. The molecule has 0 unspecified atom stereocenters. The first-order valence-electron chi connectivity index (χ1n) is 9.22. The Bertz CT molecular complexity index is 1030. The molecule has 0 radical (unpaired) electrons. The molecule has 1 aromatic heterocycles. The van der Waals surface area contributed by atoms with Crippen LogP contribution >= 0.6 is 0 Å². The third-order valence-corrected chi connectivity index (χ3v) is 4.24. The highest BCUT2D eigenvalue weighted by atomic mass is 16.4. The molecule has 1 atom stereocenters. The van der Waals surface area contributed by atoms with Crippen LogP contribution in [0.5, 0.6) is 0 Å². The van der Waals surface area contributed by atoms with E-state index in [4.69, 9.17) is 4.42 Å². The van der Waals surface area contributed by atoms with Gasteiger partial charge in [0.25, 0.3) is 11.8 Å². The molecular formula is C23H20N2O5. The Balaban J connectivity index is 1.80. The molecule has 3 rings (SSSR count). The number of rotatable bonds is 8. The molecule has 3 aromatic rings. The van der Waals surface area contributed by atoms with Gasteiger partial charge in [-0.05, 0) is 29.8 Å². The summed E-state index contributed by atoms with van der Waals surface area (Å²) in [4.78, 5) is 37.0. The number of nitrogens with one attached hydrogen (secondary N) is 2. The average molecular weight is 404 g/mol. The molecule has 0 aliphatic carbocycles. The number of carboxylic acid groups (broad SMARTS) is 1. The summed E-state index contributed by atoms with van der Waals surface area (Å²) >= 11 is 0. The van der Waals surface area contributed by atoms with Gasteiger partial charge in [0.15, 0.2) is 0 Å². The number of aliphatic carboxylic acids is 1. The van der Waals surface area contributed by atoms with Gasteiger partial charge in [-0.25, -0.2) is 4.79 Å². The zero-order chi connectivity index (χ0) is 21.3. The topological polar surface area (TPSA) is 109 Å². The van der Waals surface area contributed by atoms with E-state index in [1.807, 2.05) is 6.07 Å². The van der Waals surface area contributed by atoms with E-state index in [9.17, 15) is 19.5 Å². The van der Waals surface area contributed by atoms with Crippen molar-refractivity contribution in [1.82, 2.24) is 10.6 Å². The molecule has 2 aromatic carbocycles. The Labute approximate surface area is 173 Å². The predicted octanol–water partition coefficient (Wildman–Crippen LogP) is 2.86. The lowest BCUT2D eigenvalue weighted by molar-refractivity contribution is -0.141. The summed E-state index contributed by atoms with van der Waals surface area (Å²) in [6.07, 6.45) is 2.87. The number of carbonyl (C=O) groups is 3.